The minimum atomic E-state index is -3.27. The SMILES string of the molecule is CC(C)S(=O)(=O)c1ccc(C(=O)N2CCCCC2)cc1. The third-order valence-corrected chi connectivity index (χ3v) is 5.86. The quantitative estimate of drug-likeness (QED) is 0.861. The molecule has 1 aromatic carbocycles. The van der Waals surface area contributed by atoms with Gasteiger partial charge in [0.15, 0.2) is 9.84 Å². The third kappa shape index (κ3) is 3.03. The zero-order valence-electron chi connectivity index (χ0n) is 12.0. The van der Waals surface area contributed by atoms with Crippen LogP contribution in [0.4, 0.5) is 0 Å². The topological polar surface area (TPSA) is 54.5 Å². The number of hydrogen-bond donors (Lipinski definition) is 0. The predicted molar refractivity (Wildman–Crippen MR) is 78.5 cm³/mol. The summed E-state index contributed by atoms with van der Waals surface area (Å²) in [5.74, 6) is -0.00167. The van der Waals surface area contributed by atoms with E-state index in [9.17, 15) is 13.2 Å². The van der Waals surface area contributed by atoms with E-state index in [2.05, 4.69) is 0 Å². The van der Waals surface area contributed by atoms with Crippen molar-refractivity contribution in [3.8, 4) is 0 Å². The molecule has 0 atom stereocenters. The van der Waals surface area contributed by atoms with Gasteiger partial charge in [0.05, 0.1) is 10.1 Å². The van der Waals surface area contributed by atoms with Crippen molar-refractivity contribution in [2.24, 2.45) is 0 Å². The van der Waals surface area contributed by atoms with Crippen molar-refractivity contribution in [3.63, 3.8) is 0 Å². The highest BCUT2D eigenvalue weighted by Crippen LogP contribution is 2.18. The van der Waals surface area contributed by atoms with Gasteiger partial charge in [0, 0.05) is 18.7 Å². The Hall–Kier alpha value is -1.36. The van der Waals surface area contributed by atoms with Crippen LogP contribution < -0.4 is 0 Å². The van der Waals surface area contributed by atoms with E-state index in [0.717, 1.165) is 25.9 Å². The van der Waals surface area contributed by atoms with Gasteiger partial charge in [-0.1, -0.05) is 0 Å². The van der Waals surface area contributed by atoms with Crippen molar-refractivity contribution in [1.29, 1.82) is 0 Å². The summed E-state index contributed by atoms with van der Waals surface area (Å²) in [5.41, 5.74) is 0.564. The van der Waals surface area contributed by atoms with Crippen LogP contribution in [0.25, 0.3) is 0 Å². The lowest BCUT2D eigenvalue weighted by Crippen LogP contribution is -2.35. The highest BCUT2D eigenvalue weighted by atomic mass is 32.2. The highest BCUT2D eigenvalue weighted by molar-refractivity contribution is 7.92. The van der Waals surface area contributed by atoms with Gasteiger partial charge >= 0.3 is 0 Å². The molecule has 1 aliphatic rings. The maximum Gasteiger partial charge on any atom is 0.253 e. The number of nitrogens with zero attached hydrogens (tertiary/aromatic N) is 1. The largest absolute Gasteiger partial charge is 0.339 e. The average molecular weight is 295 g/mol. The molecular weight excluding hydrogens is 274 g/mol. The number of hydrogen-bond acceptors (Lipinski definition) is 3. The fourth-order valence-corrected chi connectivity index (χ4v) is 3.40. The maximum absolute atomic E-state index is 12.3. The molecule has 1 fully saturated rings. The monoisotopic (exact) mass is 295 g/mol. The fraction of sp³-hybridized carbons (Fsp3) is 0.533. The molecule has 2 rings (SSSR count). The summed E-state index contributed by atoms with van der Waals surface area (Å²) in [6.45, 7) is 4.90. The van der Waals surface area contributed by atoms with E-state index in [1.165, 1.54) is 18.6 Å². The molecule has 0 N–H and O–H groups in total. The van der Waals surface area contributed by atoms with Gasteiger partial charge in [-0.15, -0.1) is 0 Å². The smallest absolute Gasteiger partial charge is 0.253 e. The Morgan fingerprint density at radius 3 is 2.10 bits per heavy atom. The molecule has 0 aliphatic carbocycles. The van der Waals surface area contributed by atoms with Crippen molar-refractivity contribution >= 4 is 15.7 Å². The summed E-state index contributed by atoms with van der Waals surface area (Å²) in [7, 11) is -3.27. The predicted octanol–water partition coefficient (Wildman–Crippen LogP) is 2.49. The molecule has 110 valence electrons. The van der Waals surface area contributed by atoms with Crippen LogP contribution in [-0.4, -0.2) is 37.6 Å². The van der Waals surface area contributed by atoms with Crippen LogP contribution in [0.3, 0.4) is 0 Å². The number of amides is 1. The van der Waals surface area contributed by atoms with Gasteiger partial charge in [-0.05, 0) is 57.4 Å². The van der Waals surface area contributed by atoms with Gasteiger partial charge in [-0.2, -0.15) is 0 Å². The van der Waals surface area contributed by atoms with Crippen molar-refractivity contribution in [2.75, 3.05) is 13.1 Å². The molecule has 1 heterocycles. The summed E-state index contributed by atoms with van der Waals surface area (Å²) in [6, 6.07) is 6.30. The zero-order valence-corrected chi connectivity index (χ0v) is 12.8. The number of carbonyl (C=O) groups excluding carboxylic acids is 1. The van der Waals surface area contributed by atoms with Gasteiger partial charge in [-0.3, -0.25) is 4.79 Å². The molecule has 4 nitrogen and oxygen atoms in total. The van der Waals surface area contributed by atoms with E-state index in [0.29, 0.717) is 5.56 Å². The van der Waals surface area contributed by atoms with Gasteiger partial charge in [-0.25, -0.2) is 8.42 Å². The fourth-order valence-electron chi connectivity index (χ4n) is 2.34. The minimum absolute atomic E-state index is 0.00167. The molecule has 0 unspecified atom stereocenters. The van der Waals surface area contributed by atoms with E-state index in [-0.39, 0.29) is 10.8 Å². The Balaban J connectivity index is 2.18. The summed E-state index contributed by atoms with van der Waals surface area (Å²) >= 11 is 0. The van der Waals surface area contributed by atoms with Crippen molar-refractivity contribution in [1.82, 2.24) is 4.90 Å². The van der Waals surface area contributed by atoms with Crippen LogP contribution in [0.2, 0.25) is 0 Å². The molecule has 0 aromatic heterocycles. The second-order valence-electron chi connectivity index (χ2n) is 5.47. The van der Waals surface area contributed by atoms with Crippen molar-refractivity contribution in [2.45, 2.75) is 43.3 Å². The molecule has 20 heavy (non-hydrogen) atoms. The first-order valence-corrected chi connectivity index (χ1v) is 8.61. The molecule has 1 aromatic rings. The van der Waals surface area contributed by atoms with Crippen LogP contribution in [0.5, 0.6) is 0 Å². The lowest BCUT2D eigenvalue weighted by molar-refractivity contribution is 0.0724. The van der Waals surface area contributed by atoms with Gasteiger partial charge in [0.2, 0.25) is 0 Å². The molecule has 0 spiro atoms. The molecule has 5 heteroatoms. The van der Waals surface area contributed by atoms with E-state index in [4.69, 9.17) is 0 Å². The Morgan fingerprint density at radius 1 is 1.05 bits per heavy atom. The van der Waals surface area contributed by atoms with E-state index >= 15 is 0 Å². The van der Waals surface area contributed by atoms with Crippen LogP contribution in [-0.2, 0) is 9.84 Å². The number of sulfone groups is 1. The molecule has 0 radical (unpaired) electrons. The standard InChI is InChI=1S/C15H21NO3S/c1-12(2)20(18,19)14-8-6-13(7-9-14)15(17)16-10-4-3-5-11-16/h6-9,12H,3-5,10-11H2,1-2H3. The summed E-state index contributed by atoms with van der Waals surface area (Å²) in [6.07, 6.45) is 3.27. The summed E-state index contributed by atoms with van der Waals surface area (Å²) in [4.78, 5) is 14.4. The number of likely N-dealkylation sites (tertiary alicyclic amines) is 1. The normalized spacial score (nSPS) is 16.4. The minimum Gasteiger partial charge on any atom is -0.339 e. The molecular formula is C15H21NO3S. The van der Waals surface area contributed by atoms with Crippen molar-refractivity contribution in [3.05, 3.63) is 29.8 Å². The number of benzene rings is 1. The molecule has 0 bridgehead atoms. The van der Waals surface area contributed by atoms with Crippen LogP contribution >= 0.6 is 0 Å². The third-order valence-electron chi connectivity index (χ3n) is 3.69. The second-order valence-corrected chi connectivity index (χ2v) is 7.98. The molecule has 1 aliphatic heterocycles. The number of carbonyl (C=O) groups is 1. The summed E-state index contributed by atoms with van der Waals surface area (Å²) < 4.78 is 24.0. The zero-order chi connectivity index (χ0) is 14.8. The van der Waals surface area contributed by atoms with Crippen LogP contribution in [0, 0.1) is 0 Å². The molecule has 1 saturated heterocycles. The maximum atomic E-state index is 12.3. The van der Waals surface area contributed by atoms with Gasteiger partial charge in [0.1, 0.15) is 0 Å². The highest BCUT2D eigenvalue weighted by Gasteiger charge is 2.21. The van der Waals surface area contributed by atoms with E-state index in [1.54, 1.807) is 26.0 Å². The van der Waals surface area contributed by atoms with Crippen LogP contribution in [0.15, 0.2) is 29.2 Å². The average Bonchev–Trinajstić information content (AvgIpc) is 2.47. The lowest BCUT2D eigenvalue weighted by atomic mass is 10.1. The lowest BCUT2D eigenvalue weighted by Gasteiger charge is -2.26. The first-order valence-electron chi connectivity index (χ1n) is 7.06. The van der Waals surface area contributed by atoms with Crippen LogP contribution in [0.1, 0.15) is 43.5 Å². The first kappa shape index (κ1) is 15.0. The first-order chi connectivity index (χ1) is 9.43. The Morgan fingerprint density at radius 2 is 1.60 bits per heavy atom. The second kappa shape index (κ2) is 5.95. The van der Waals surface area contributed by atoms with Crippen molar-refractivity contribution < 1.29 is 13.2 Å². The van der Waals surface area contributed by atoms with E-state index in [1.807, 2.05) is 4.90 Å². The Bertz CT molecular complexity index is 570. The Labute approximate surface area is 120 Å². The molecule has 1 amide bonds. The number of piperidine rings is 1. The Kier molecular flexibility index (Phi) is 4.48. The van der Waals surface area contributed by atoms with Gasteiger partial charge in [0.25, 0.3) is 5.91 Å². The summed E-state index contributed by atoms with van der Waals surface area (Å²) in [5, 5.41) is -0.453. The van der Waals surface area contributed by atoms with Gasteiger partial charge < -0.3 is 4.90 Å². The molecule has 0 saturated carbocycles. The number of rotatable bonds is 3. The van der Waals surface area contributed by atoms with E-state index < -0.39 is 15.1 Å².